The summed E-state index contributed by atoms with van der Waals surface area (Å²) in [6.07, 6.45) is 2.66. The molecule has 0 aromatic carbocycles. The zero-order chi connectivity index (χ0) is 24.3. The molecule has 6 nitrogen and oxygen atoms in total. The topological polar surface area (TPSA) is 97.7 Å². The molecule has 32 heavy (non-hydrogen) atoms. The Bertz CT molecular complexity index is 979. The molecule has 2 bridgehead atoms. The van der Waals surface area contributed by atoms with E-state index in [1.807, 2.05) is 20.8 Å². The van der Waals surface area contributed by atoms with E-state index in [1.165, 1.54) is 14.0 Å². The summed E-state index contributed by atoms with van der Waals surface area (Å²) in [5.74, 6) is -2.03. The monoisotopic (exact) mass is 444 g/mol. The molecule has 1 N–H and O–H groups in total. The Morgan fingerprint density at radius 1 is 1.06 bits per heavy atom. The second-order valence-electron chi connectivity index (χ2n) is 12.1. The number of aliphatic hydroxyl groups is 1. The minimum atomic E-state index is -2.33. The number of Topliss-reactive ketones (excluding diaryl/α,β-unsaturated/α-hetero) is 3. The Morgan fingerprint density at radius 2 is 1.66 bits per heavy atom. The van der Waals surface area contributed by atoms with Crippen molar-refractivity contribution in [1.82, 2.24) is 0 Å². The Kier molecular flexibility index (Phi) is 4.52. The van der Waals surface area contributed by atoms with Crippen LogP contribution in [0.5, 0.6) is 0 Å². The number of esters is 1. The van der Waals surface area contributed by atoms with Crippen molar-refractivity contribution in [2.75, 3.05) is 7.11 Å². The largest absolute Gasteiger partial charge is 0.468 e. The second-order valence-corrected chi connectivity index (χ2v) is 12.1. The molecule has 4 fully saturated rings. The first-order chi connectivity index (χ1) is 14.5. The number of ether oxygens (including phenoxy) is 1. The van der Waals surface area contributed by atoms with Gasteiger partial charge < -0.3 is 9.84 Å². The third-order valence-electron chi connectivity index (χ3n) is 10.9. The quantitative estimate of drug-likeness (QED) is 0.398. The number of hydrogen-bond donors (Lipinski definition) is 1. The summed E-state index contributed by atoms with van der Waals surface area (Å²) >= 11 is 0. The molecule has 7 atom stereocenters. The van der Waals surface area contributed by atoms with Crippen LogP contribution in [0.15, 0.2) is 12.2 Å². The number of carbonyl (C=O) groups excluding carboxylic acids is 4. The maximum atomic E-state index is 14.1. The summed E-state index contributed by atoms with van der Waals surface area (Å²) in [6.45, 7) is 15.2. The predicted octanol–water partition coefficient (Wildman–Crippen LogP) is 3.44. The first-order valence-electron chi connectivity index (χ1n) is 11.6. The van der Waals surface area contributed by atoms with Gasteiger partial charge in [-0.25, -0.2) is 0 Å². The van der Waals surface area contributed by atoms with E-state index in [0.29, 0.717) is 37.7 Å². The van der Waals surface area contributed by atoms with Gasteiger partial charge in [-0.3, -0.25) is 19.2 Å². The van der Waals surface area contributed by atoms with Gasteiger partial charge in [0.25, 0.3) is 0 Å². The van der Waals surface area contributed by atoms with E-state index in [-0.39, 0.29) is 23.0 Å². The van der Waals surface area contributed by atoms with E-state index < -0.39 is 44.8 Å². The lowest BCUT2D eigenvalue weighted by Crippen LogP contribution is -2.66. The van der Waals surface area contributed by atoms with Crippen molar-refractivity contribution in [3.05, 3.63) is 12.2 Å². The van der Waals surface area contributed by atoms with Crippen LogP contribution < -0.4 is 0 Å². The van der Waals surface area contributed by atoms with Gasteiger partial charge in [-0.1, -0.05) is 41.2 Å². The van der Waals surface area contributed by atoms with Gasteiger partial charge in [0, 0.05) is 17.3 Å². The molecule has 0 amide bonds. The minimum Gasteiger partial charge on any atom is -0.468 e. The Hall–Kier alpha value is -1.82. The molecule has 0 aromatic rings. The molecule has 4 rings (SSSR count). The highest BCUT2D eigenvalue weighted by atomic mass is 16.5. The van der Waals surface area contributed by atoms with Crippen LogP contribution in [0.1, 0.15) is 73.6 Å². The number of fused-ring (bicyclic) bond motifs is 6. The lowest BCUT2D eigenvalue weighted by atomic mass is 9.35. The fourth-order valence-corrected chi connectivity index (χ4v) is 8.98. The second kappa shape index (κ2) is 6.19. The number of methoxy groups -OCH3 is 1. The molecular formula is C26H36O6. The number of hydrogen-bond acceptors (Lipinski definition) is 6. The van der Waals surface area contributed by atoms with Crippen molar-refractivity contribution >= 4 is 23.3 Å². The molecule has 4 aliphatic carbocycles. The van der Waals surface area contributed by atoms with Crippen molar-refractivity contribution < 1.29 is 29.0 Å². The van der Waals surface area contributed by atoms with Gasteiger partial charge in [0.2, 0.25) is 0 Å². The van der Waals surface area contributed by atoms with Gasteiger partial charge >= 0.3 is 5.97 Å². The average Bonchev–Trinajstić information content (AvgIpc) is 2.81. The summed E-state index contributed by atoms with van der Waals surface area (Å²) in [5, 5.41) is 11.7. The average molecular weight is 445 g/mol. The summed E-state index contributed by atoms with van der Waals surface area (Å²) in [7, 11) is 1.24. The molecule has 176 valence electrons. The molecule has 0 radical (unpaired) electrons. The summed E-state index contributed by atoms with van der Waals surface area (Å²) < 4.78 is 5.21. The predicted molar refractivity (Wildman–Crippen MR) is 117 cm³/mol. The summed E-state index contributed by atoms with van der Waals surface area (Å²) in [5.41, 5.74) is -6.84. The highest BCUT2D eigenvalue weighted by Gasteiger charge is 2.85. The van der Waals surface area contributed by atoms with Gasteiger partial charge in [-0.2, -0.15) is 0 Å². The lowest BCUT2D eigenvalue weighted by Gasteiger charge is -2.67. The van der Waals surface area contributed by atoms with Crippen molar-refractivity contribution in [1.29, 1.82) is 0 Å². The van der Waals surface area contributed by atoms with E-state index in [2.05, 4.69) is 13.5 Å². The molecule has 7 unspecified atom stereocenters. The van der Waals surface area contributed by atoms with Crippen LogP contribution in [0.3, 0.4) is 0 Å². The normalized spacial score (nSPS) is 49.3. The van der Waals surface area contributed by atoms with Crippen LogP contribution in [-0.4, -0.2) is 41.1 Å². The third-order valence-corrected chi connectivity index (χ3v) is 10.9. The SMILES string of the molecule is C=C1C2(C)CC3C4(C)CCC(=O)C(C)(C)C4CCC3(C)C1(C(=O)OC)C(=O)C2(O)C(C)=O. The van der Waals surface area contributed by atoms with Gasteiger partial charge in [0.15, 0.2) is 22.6 Å². The van der Waals surface area contributed by atoms with E-state index in [4.69, 9.17) is 4.74 Å². The van der Waals surface area contributed by atoms with Crippen molar-refractivity contribution in [3.63, 3.8) is 0 Å². The number of carbonyl (C=O) groups is 4. The minimum absolute atomic E-state index is 0.0823. The lowest BCUT2D eigenvalue weighted by molar-refractivity contribution is -0.198. The molecule has 0 aromatic heterocycles. The Balaban J connectivity index is 2.04. The smallest absolute Gasteiger partial charge is 0.324 e. The fourth-order valence-electron chi connectivity index (χ4n) is 8.98. The van der Waals surface area contributed by atoms with Crippen molar-refractivity contribution in [2.45, 2.75) is 79.2 Å². The van der Waals surface area contributed by atoms with Crippen LogP contribution in [0.25, 0.3) is 0 Å². The molecular weight excluding hydrogens is 408 g/mol. The standard InChI is InChI=1S/C26H36O6/c1-14-24(7)13-17-22(5)11-10-18(28)21(3,4)16(22)9-12-23(17,6)25(14,20(30)32-8)19(29)26(24,31)15(2)27/h16-17,31H,1,9-13H2,2-8H3. The molecule has 4 saturated carbocycles. The van der Waals surface area contributed by atoms with Gasteiger partial charge in [0.1, 0.15) is 5.78 Å². The van der Waals surface area contributed by atoms with E-state index in [0.717, 1.165) is 0 Å². The first kappa shape index (κ1) is 23.3. The van der Waals surface area contributed by atoms with Gasteiger partial charge in [-0.05, 0) is 60.8 Å². The highest BCUT2D eigenvalue weighted by molar-refractivity contribution is 6.24. The number of ketones is 3. The maximum absolute atomic E-state index is 14.1. The van der Waals surface area contributed by atoms with Crippen LogP contribution in [-0.2, 0) is 23.9 Å². The molecule has 0 aliphatic heterocycles. The maximum Gasteiger partial charge on any atom is 0.324 e. The summed E-state index contributed by atoms with van der Waals surface area (Å²) in [6, 6.07) is 0. The van der Waals surface area contributed by atoms with Gasteiger partial charge in [0.05, 0.1) is 7.11 Å². The van der Waals surface area contributed by atoms with Gasteiger partial charge in [-0.15, -0.1) is 0 Å². The molecule has 0 heterocycles. The Morgan fingerprint density at radius 3 is 2.19 bits per heavy atom. The molecule has 0 saturated heterocycles. The van der Waals surface area contributed by atoms with Crippen LogP contribution in [0.2, 0.25) is 0 Å². The zero-order valence-electron chi connectivity index (χ0n) is 20.4. The van der Waals surface area contributed by atoms with Crippen molar-refractivity contribution in [3.8, 4) is 0 Å². The van der Waals surface area contributed by atoms with Crippen LogP contribution in [0, 0.1) is 38.9 Å². The fraction of sp³-hybridized carbons (Fsp3) is 0.769. The van der Waals surface area contributed by atoms with Crippen molar-refractivity contribution in [2.24, 2.45) is 38.9 Å². The third kappa shape index (κ3) is 2.03. The van der Waals surface area contributed by atoms with E-state index >= 15 is 0 Å². The molecule has 0 spiro atoms. The number of rotatable bonds is 2. The molecule has 4 aliphatic rings. The van der Waals surface area contributed by atoms with E-state index in [9.17, 15) is 24.3 Å². The summed E-state index contributed by atoms with van der Waals surface area (Å²) in [4.78, 5) is 53.3. The highest BCUT2D eigenvalue weighted by Crippen LogP contribution is 2.79. The van der Waals surface area contributed by atoms with Crippen LogP contribution >= 0.6 is 0 Å². The Labute approximate surface area is 190 Å². The first-order valence-corrected chi connectivity index (χ1v) is 11.6. The van der Waals surface area contributed by atoms with E-state index in [1.54, 1.807) is 6.92 Å². The molecule has 6 heteroatoms. The van der Waals surface area contributed by atoms with Crippen LogP contribution in [0.4, 0.5) is 0 Å². The zero-order valence-corrected chi connectivity index (χ0v) is 20.4.